The van der Waals surface area contributed by atoms with Crippen LogP contribution in [0, 0.1) is 0 Å². The lowest BCUT2D eigenvalue weighted by atomic mass is 9.86. The fraction of sp³-hybridized carbons (Fsp3) is 0.300. The van der Waals surface area contributed by atoms with E-state index in [-0.39, 0.29) is 12.0 Å². The zero-order valence-electron chi connectivity index (χ0n) is 21.6. The van der Waals surface area contributed by atoms with E-state index in [9.17, 15) is 5.11 Å². The van der Waals surface area contributed by atoms with Crippen molar-refractivity contribution in [2.75, 3.05) is 21.3 Å². The van der Waals surface area contributed by atoms with Crippen LogP contribution in [0.5, 0.6) is 17.2 Å². The lowest BCUT2D eigenvalue weighted by Gasteiger charge is -2.20. The molecule has 4 aromatic rings. The summed E-state index contributed by atoms with van der Waals surface area (Å²) in [5.41, 5.74) is 7.14. The van der Waals surface area contributed by atoms with Crippen molar-refractivity contribution >= 4 is 10.9 Å². The van der Waals surface area contributed by atoms with E-state index in [1.165, 1.54) is 5.56 Å². The van der Waals surface area contributed by atoms with Crippen LogP contribution in [0.3, 0.4) is 0 Å². The molecule has 1 heterocycles. The highest BCUT2D eigenvalue weighted by atomic mass is 16.5. The Hall–Kier alpha value is -3.57. The molecule has 0 aliphatic rings. The quantitative estimate of drug-likeness (QED) is 0.360. The highest BCUT2D eigenvalue weighted by Gasteiger charge is 2.21. The van der Waals surface area contributed by atoms with Crippen LogP contribution in [0.25, 0.3) is 33.2 Å². The van der Waals surface area contributed by atoms with E-state index in [1.807, 2.05) is 29.8 Å². The van der Waals surface area contributed by atoms with Gasteiger partial charge in [0.1, 0.15) is 7.05 Å². The molecule has 0 radical (unpaired) electrons. The Morgan fingerprint density at radius 3 is 2.03 bits per heavy atom. The maximum Gasteiger partial charge on any atom is 0.255 e. The SMILES string of the molecule is COc1cc(-c2cc3ccc(CO)c(OC)c3[n+](C)c2)cc(-c2ccc(C(C)(C)C)cc2)c1OC. The monoisotopic (exact) mass is 472 g/mol. The third kappa shape index (κ3) is 4.56. The second-order valence-electron chi connectivity index (χ2n) is 9.78. The van der Waals surface area contributed by atoms with Gasteiger partial charge in [-0.25, -0.2) is 0 Å². The molecule has 0 aliphatic heterocycles. The van der Waals surface area contributed by atoms with E-state index in [4.69, 9.17) is 14.2 Å². The Bertz CT molecular complexity index is 1370. The highest BCUT2D eigenvalue weighted by Crippen LogP contribution is 2.42. The van der Waals surface area contributed by atoms with Gasteiger partial charge in [0.25, 0.3) is 5.52 Å². The zero-order chi connectivity index (χ0) is 25.3. The molecule has 1 N–H and O–H groups in total. The molecule has 0 saturated carbocycles. The molecule has 1 aromatic heterocycles. The lowest BCUT2D eigenvalue weighted by Crippen LogP contribution is -2.29. The van der Waals surface area contributed by atoms with Gasteiger partial charge in [0.05, 0.1) is 33.3 Å². The smallest absolute Gasteiger partial charge is 0.255 e. The molecule has 182 valence electrons. The fourth-order valence-electron chi connectivity index (χ4n) is 4.59. The number of aromatic nitrogens is 1. The van der Waals surface area contributed by atoms with Crippen LogP contribution in [0.1, 0.15) is 31.9 Å². The summed E-state index contributed by atoms with van der Waals surface area (Å²) in [6.07, 6.45) is 2.07. The third-order valence-corrected chi connectivity index (χ3v) is 6.49. The van der Waals surface area contributed by atoms with Crippen molar-refractivity contribution in [1.82, 2.24) is 0 Å². The molecule has 0 unspecified atom stereocenters. The van der Waals surface area contributed by atoms with E-state index < -0.39 is 0 Å². The van der Waals surface area contributed by atoms with Crippen molar-refractivity contribution in [3.63, 3.8) is 0 Å². The van der Waals surface area contributed by atoms with Crippen LogP contribution in [0.15, 0.2) is 60.8 Å². The van der Waals surface area contributed by atoms with Crippen LogP contribution < -0.4 is 18.8 Å². The molecule has 0 atom stereocenters. The number of hydrogen-bond donors (Lipinski definition) is 1. The predicted octanol–water partition coefficient (Wildman–Crippen LogP) is 5.81. The van der Waals surface area contributed by atoms with Crippen molar-refractivity contribution in [2.24, 2.45) is 7.05 Å². The van der Waals surface area contributed by atoms with E-state index >= 15 is 0 Å². The number of ether oxygens (including phenoxy) is 3. The molecule has 0 amide bonds. The molecule has 0 bridgehead atoms. The van der Waals surface area contributed by atoms with Gasteiger partial charge in [-0.15, -0.1) is 0 Å². The standard InChI is InChI=1S/C30H34NO4/c1-30(2,3)24-12-10-19(11-13-24)25-15-22(16-26(33-5)29(25)35-7)23-14-20-8-9-21(18-32)28(34-6)27(20)31(4)17-23/h8-17,32H,18H2,1-7H3/q+1. The Morgan fingerprint density at radius 1 is 0.771 bits per heavy atom. The van der Waals surface area contributed by atoms with Gasteiger partial charge >= 0.3 is 0 Å². The van der Waals surface area contributed by atoms with Gasteiger partial charge in [-0.2, -0.15) is 4.57 Å². The van der Waals surface area contributed by atoms with Crippen LogP contribution in [0.2, 0.25) is 0 Å². The minimum atomic E-state index is -0.0755. The number of methoxy groups -OCH3 is 3. The summed E-state index contributed by atoms with van der Waals surface area (Å²) in [4.78, 5) is 0. The summed E-state index contributed by atoms with van der Waals surface area (Å²) in [5, 5.41) is 10.7. The predicted molar refractivity (Wildman–Crippen MR) is 140 cm³/mol. The van der Waals surface area contributed by atoms with Crippen molar-refractivity contribution in [3.05, 3.63) is 71.9 Å². The van der Waals surface area contributed by atoms with Crippen molar-refractivity contribution in [1.29, 1.82) is 0 Å². The number of pyridine rings is 1. The van der Waals surface area contributed by atoms with E-state index in [0.717, 1.165) is 38.7 Å². The Kier molecular flexibility index (Phi) is 6.73. The normalized spacial score (nSPS) is 11.5. The molecular weight excluding hydrogens is 438 g/mol. The number of aliphatic hydroxyl groups excluding tert-OH is 1. The van der Waals surface area contributed by atoms with Crippen molar-refractivity contribution < 1.29 is 23.9 Å². The van der Waals surface area contributed by atoms with Gasteiger partial charge in [0.2, 0.25) is 0 Å². The molecule has 0 fully saturated rings. The maximum atomic E-state index is 9.72. The first-order valence-corrected chi connectivity index (χ1v) is 11.7. The van der Waals surface area contributed by atoms with Crippen LogP contribution in [-0.4, -0.2) is 26.4 Å². The van der Waals surface area contributed by atoms with Crippen LogP contribution in [0.4, 0.5) is 0 Å². The Labute approximate surface area is 207 Å². The molecular formula is C30H34NO4+. The molecule has 4 rings (SSSR count). The summed E-state index contributed by atoms with van der Waals surface area (Å²) in [5.74, 6) is 2.07. The number of aryl methyl sites for hydroxylation is 1. The first kappa shape index (κ1) is 24.6. The first-order valence-electron chi connectivity index (χ1n) is 11.7. The summed E-state index contributed by atoms with van der Waals surface area (Å²) in [6.45, 7) is 6.56. The minimum Gasteiger partial charge on any atom is -0.493 e. The van der Waals surface area contributed by atoms with Crippen molar-refractivity contribution in [2.45, 2.75) is 32.8 Å². The fourth-order valence-corrected chi connectivity index (χ4v) is 4.59. The number of benzene rings is 3. The van der Waals surface area contributed by atoms with Crippen molar-refractivity contribution in [3.8, 4) is 39.5 Å². The molecule has 5 nitrogen and oxygen atoms in total. The summed E-state index contributed by atoms with van der Waals surface area (Å²) in [7, 11) is 6.96. The Morgan fingerprint density at radius 2 is 1.46 bits per heavy atom. The number of fused-ring (bicyclic) bond motifs is 1. The van der Waals surface area contributed by atoms with Gasteiger partial charge in [0.15, 0.2) is 23.4 Å². The molecule has 0 aliphatic carbocycles. The maximum absolute atomic E-state index is 9.72. The second kappa shape index (κ2) is 9.59. The minimum absolute atomic E-state index is 0.0755. The van der Waals surface area contributed by atoms with Gasteiger partial charge < -0.3 is 19.3 Å². The molecule has 5 heteroatoms. The van der Waals surface area contributed by atoms with E-state index in [0.29, 0.717) is 17.2 Å². The second-order valence-corrected chi connectivity index (χ2v) is 9.78. The van der Waals surface area contributed by atoms with Crippen LogP contribution >= 0.6 is 0 Å². The van der Waals surface area contributed by atoms with Gasteiger partial charge in [-0.05, 0) is 46.4 Å². The number of nitrogens with zero attached hydrogens (tertiary/aromatic N) is 1. The number of rotatable bonds is 6. The summed E-state index contributed by atoms with van der Waals surface area (Å²) < 4.78 is 19.2. The number of hydrogen-bond acceptors (Lipinski definition) is 4. The van der Waals surface area contributed by atoms with Gasteiger partial charge in [-0.3, -0.25) is 0 Å². The van der Waals surface area contributed by atoms with Gasteiger partial charge in [-0.1, -0.05) is 51.1 Å². The lowest BCUT2D eigenvalue weighted by molar-refractivity contribution is -0.644. The van der Waals surface area contributed by atoms with Gasteiger partial charge in [0, 0.05) is 16.7 Å². The zero-order valence-corrected chi connectivity index (χ0v) is 21.6. The number of aliphatic hydroxyl groups is 1. The van der Waals surface area contributed by atoms with E-state index in [1.54, 1.807) is 21.3 Å². The molecule has 35 heavy (non-hydrogen) atoms. The molecule has 3 aromatic carbocycles. The summed E-state index contributed by atoms with van der Waals surface area (Å²) >= 11 is 0. The van der Waals surface area contributed by atoms with Crippen LogP contribution in [-0.2, 0) is 19.1 Å². The molecule has 0 saturated heterocycles. The largest absolute Gasteiger partial charge is 0.493 e. The topological polar surface area (TPSA) is 51.8 Å². The third-order valence-electron chi connectivity index (χ3n) is 6.49. The summed E-state index contributed by atoms with van der Waals surface area (Å²) in [6, 6.07) is 18.8. The van der Waals surface area contributed by atoms with E-state index in [2.05, 4.69) is 63.4 Å². The average Bonchev–Trinajstić information content (AvgIpc) is 2.86. The first-order chi connectivity index (χ1) is 16.7. The average molecular weight is 473 g/mol. The highest BCUT2D eigenvalue weighted by molar-refractivity contribution is 5.88. The molecule has 0 spiro atoms. The Balaban J connectivity index is 1.91.